The fourth-order valence-electron chi connectivity index (χ4n) is 3.35. The van der Waals surface area contributed by atoms with Crippen molar-refractivity contribution in [3.05, 3.63) is 107 Å². The molecule has 1 aromatic heterocycles. The van der Waals surface area contributed by atoms with E-state index >= 15 is 0 Å². The van der Waals surface area contributed by atoms with E-state index in [1.54, 1.807) is 6.07 Å². The molecule has 0 aliphatic rings. The van der Waals surface area contributed by atoms with Crippen LogP contribution < -0.4 is 14.3 Å². The molecule has 0 aliphatic carbocycles. The van der Waals surface area contributed by atoms with Gasteiger partial charge in [-0.3, -0.25) is 19.2 Å². The first kappa shape index (κ1) is 27.2. The fourth-order valence-corrected chi connectivity index (χ4v) is 5.75. The zero-order valence-corrected chi connectivity index (χ0v) is 21.5. The molecule has 200 valence electrons. The lowest BCUT2D eigenvalue weighted by Gasteiger charge is -2.24. The van der Waals surface area contributed by atoms with E-state index in [1.807, 2.05) is 0 Å². The van der Waals surface area contributed by atoms with Crippen LogP contribution >= 0.6 is 0 Å². The second-order valence-corrected chi connectivity index (χ2v) is 11.4. The lowest BCUT2D eigenvalue weighted by atomic mass is 10.3. The number of carbonyl (C=O) groups excluding carboxylic acids is 1. The highest BCUT2D eigenvalue weighted by Gasteiger charge is 2.27. The Morgan fingerprint density at radius 2 is 1.44 bits per heavy atom. The van der Waals surface area contributed by atoms with Gasteiger partial charge in [0.05, 0.1) is 20.4 Å². The van der Waals surface area contributed by atoms with E-state index in [2.05, 4.69) is 20.0 Å². The Bertz CT molecular complexity index is 1680. The van der Waals surface area contributed by atoms with Gasteiger partial charge in [0, 0.05) is 30.2 Å². The Morgan fingerprint density at radius 1 is 0.821 bits per heavy atom. The molecule has 1 amide bonds. The van der Waals surface area contributed by atoms with Crippen molar-refractivity contribution >= 4 is 49.0 Å². The third kappa shape index (κ3) is 6.52. The van der Waals surface area contributed by atoms with Gasteiger partial charge in [0.1, 0.15) is 6.54 Å². The van der Waals surface area contributed by atoms with Crippen LogP contribution in [0.1, 0.15) is 0 Å². The molecule has 13 nitrogen and oxygen atoms in total. The third-order valence-electron chi connectivity index (χ3n) is 5.21. The lowest BCUT2D eigenvalue weighted by Crippen LogP contribution is -2.38. The summed E-state index contributed by atoms with van der Waals surface area (Å²) in [5, 5.41) is 13.6. The van der Waals surface area contributed by atoms with Gasteiger partial charge in [0.15, 0.2) is 0 Å². The zero-order valence-electron chi connectivity index (χ0n) is 19.9. The average Bonchev–Trinajstić information content (AvgIpc) is 2.93. The average molecular weight is 569 g/mol. The summed E-state index contributed by atoms with van der Waals surface area (Å²) in [7, 11) is -8.22. The van der Waals surface area contributed by atoms with Crippen molar-refractivity contribution in [1.82, 2.24) is 9.97 Å². The first-order valence-corrected chi connectivity index (χ1v) is 14.0. The highest BCUT2D eigenvalue weighted by Crippen LogP contribution is 2.26. The molecule has 0 radical (unpaired) electrons. The first-order valence-electron chi connectivity index (χ1n) is 11.1. The van der Waals surface area contributed by atoms with Gasteiger partial charge < -0.3 is 5.32 Å². The second-order valence-electron chi connectivity index (χ2n) is 7.85. The van der Waals surface area contributed by atoms with Crippen LogP contribution in [0.3, 0.4) is 0 Å². The molecule has 0 unspecified atom stereocenters. The van der Waals surface area contributed by atoms with Gasteiger partial charge in [-0.15, -0.1) is 0 Å². The molecule has 0 spiro atoms. The minimum Gasteiger partial charge on any atom is -0.325 e. The molecule has 0 bridgehead atoms. The Kier molecular flexibility index (Phi) is 7.83. The van der Waals surface area contributed by atoms with Crippen LogP contribution in [0.15, 0.2) is 107 Å². The Morgan fingerprint density at radius 3 is 2.03 bits per heavy atom. The Labute approximate surface area is 223 Å². The van der Waals surface area contributed by atoms with E-state index in [0.29, 0.717) is 0 Å². The number of amides is 1. The van der Waals surface area contributed by atoms with E-state index < -0.39 is 37.4 Å². The number of aromatic nitrogens is 2. The van der Waals surface area contributed by atoms with Crippen LogP contribution in [0, 0.1) is 10.1 Å². The van der Waals surface area contributed by atoms with Crippen LogP contribution in [0.5, 0.6) is 0 Å². The number of carbonyl (C=O) groups is 1. The molecule has 3 aromatic carbocycles. The molecule has 1 heterocycles. The number of hydrogen-bond donors (Lipinski definition) is 2. The minimum absolute atomic E-state index is 0.0373. The van der Waals surface area contributed by atoms with Crippen LogP contribution in [0.25, 0.3) is 0 Å². The van der Waals surface area contributed by atoms with Crippen molar-refractivity contribution in [3.63, 3.8) is 0 Å². The maximum Gasteiger partial charge on any atom is 0.269 e. The molecule has 4 rings (SSSR count). The molecule has 15 heteroatoms. The van der Waals surface area contributed by atoms with Crippen molar-refractivity contribution in [2.75, 3.05) is 20.9 Å². The van der Waals surface area contributed by atoms with Crippen LogP contribution in [0.4, 0.5) is 23.0 Å². The van der Waals surface area contributed by atoms with E-state index in [1.165, 1.54) is 79.1 Å². The largest absolute Gasteiger partial charge is 0.325 e. The Balaban J connectivity index is 1.54. The smallest absolute Gasteiger partial charge is 0.269 e. The molecule has 0 fully saturated rings. The molecule has 2 N–H and O–H groups in total. The SMILES string of the molecule is O=C(CN(c1ccc([N+](=O)[O-])cc1)S(=O)(=O)c1ccccc1)Nc1ccc(S(=O)(=O)Nc2ncccn2)cc1. The summed E-state index contributed by atoms with van der Waals surface area (Å²) in [4.78, 5) is 30.7. The van der Waals surface area contributed by atoms with Crippen molar-refractivity contribution in [3.8, 4) is 0 Å². The summed E-state index contributed by atoms with van der Waals surface area (Å²) < 4.78 is 54.9. The predicted molar refractivity (Wildman–Crippen MR) is 142 cm³/mol. The van der Waals surface area contributed by atoms with Crippen molar-refractivity contribution < 1.29 is 26.6 Å². The minimum atomic E-state index is -4.23. The summed E-state index contributed by atoms with van der Waals surface area (Å²) >= 11 is 0. The first-order chi connectivity index (χ1) is 18.6. The summed E-state index contributed by atoms with van der Waals surface area (Å²) in [6.45, 7) is -0.665. The van der Waals surface area contributed by atoms with Crippen molar-refractivity contribution in [2.24, 2.45) is 0 Å². The zero-order chi connectivity index (χ0) is 28.0. The number of nitro benzene ring substituents is 1. The topological polar surface area (TPSA) is 182 Å². The number of nitrogens with zero attached hydrogens (tertiary/aromatic N) is 4. The number of anilines is 3. The van der Waals surface area contributed by atoms with E-state index in [9.17, 15) is 31.7 Å². The molecule has 0 saturated carbocycles. The van der Waals surface area contributed by atoms with E-state index in [4.69, 9.17) is 0 Å². The maximum atomic E-state index is 13.4. The normalized spacial score (nSPS) is 11.4. The highest BCUT2D eigenvalue weighted by atomic mass is 32.2. The number of non-ortho nitro benzene ring substituents is 1. The second kappa shape index (κ2) is 11.2. The van der Waals surface area contributed by atoms with Crippen LogP contribution in [-0.2, 0) is 24.8 Å². The number of nitro groups is 1. The number of benzene rings is 3. The van der Waals surface area contributed by atoms with Gasteiger partial charge in [-0.05, 0) is 54.6 Å². The highest BCUT2D eigenvalue weighted by molar-refractivity contribution is 7.93. The van der Waals surface area contributed by atoms with Crippen molar-refractivity contribution in [1.29, 1.82) is 0 Å². The van der Waals surface area contributed by atoms with Gasteiger partial charge in [-0.1, -0.05) is 18.2 Å². The molecular weight excluding hydrogens is 548 g/mol. The summed E-state index contributed by atoms with van der Waals surface area (Å²) in [5.41, 5.74) is -0.00506. The number of rotatable bonds is 10. The van der Waals surface area contributed by atoms with Gasteiger partial charge in [-0.25, -0.2) is 31.5 Å². The third-order valence-corrected chi connectivity index (χ3v) is 8.34. The Hall–Kier alpha value is -4.89. The summed E-state index contributed by atoms with van der Waals surface area (Å²) in [6, 6.07) is 18.8. The van der Waals surface area contributed by atoms with Gasteiger partial charge >= 0.3 is 0 Å². The molecule has 39 heavy (non-hydrogen) atoms. The van der Waals surface area contributed by atoms with Crippen LogP contribution in [0.2, 0.25) is 0 Å². The molecule has 0 aliphatic heterocycles. The quantitative estimate of drug-likeness (QED) is 0.215. The van der Waals surface area contributed by atoms with E-state index in [0.717, 1.165) is 16.4 Å². The van der Waals surface area contributed by atoms with Crippen LogP contribution in [-0.4, -0.2) is 44.2 Å². The lowest BCUT2D eigenvalue weighted by molar-refractivity contribution is -0.384. The number of sulfonamides is 2. The standard InChI is InChI=1S/C24H20N6O7S2/c31-23(27-18-7-13-21(14-8-18)38(34,35)28-24-25-15-4-16-26-24)17-29(19-9-11-20(12-10-19)30(32)33)39(36,37)22-5-2-1-3-6-22/h1-16H,17H2,(H,27,31)(H,25,26,28). The number of hydrogen-bond acceptors (Lipinski definition) is 9. The van der Waals surface area contributed by atoms with Gasteiger partial charge in [-0.2, -0.15) is 0 Å². The van der Waals surface area contributed by atoms with Gasteiger partial charge in [0.2, 0.25) is 11.9 Å². The summed E-state index contributed by atoms with van der Waals surface area (Å²) in [5.74, 6) is -0.847. The molecule has 0 atom stereocenters. The molecular formula is C24H20N6O7S2. The molecule has 0 saturated heterocycles. The predicted octanol–water partition coefficient (Wildman–Crippen LogP) is 3.02. The number of nitrogens with one attached hydrogen (secondary N) is 2. The molecule has 4 aromatic rings. The van der Waals surface area contributed by atoms with E-state index in [-0.39, 0.29) is 32.8 Å². The van der Waals surface area contributed by atoms with Crippen molar-refractivity contribution in [2.45, 2.75) is 9.79 Å². The van der Waals surface area contributed by atoms with Gasteiger partial charge in [0.25, 0.3) is 25.7 Å². The monoisotopic (exact) mass is 568 g/mol. The summed E-state index contributed by atoms with van der Waals surface area (Å²) in [6.07, 6.45) is 2.75. The maximum absolute atomic E-state index is 13.4. The fraction of sp³-hybridized carbons (Fsp3) is 0.0417.